The molecule has 4 heteroatoms. The maximum atomic E-state index is 11.7. The molecule has 0 saturated carbocycles. The maximum Gasteiger partial charge on any atom is 0.234 e. The van der Waals surface area contributed by atoms with Gasteiger partial charge in [-0.15, -0.1) is 0 Å². The number of rotatable bonds is 6. The van der Waals surface area contributed by atoms with E-state index in [4.69, 9.17) is 5.73 Å². The summed E-state index contributed by atoms with van der Waals surface area (Å²) in [6.45, 7) is 10.6. The Labute approximate surface area is 105 Å². The topological polar surface area (TPSA) is 58.4 Å². The molecule has 0 spiro atoms. The Morgan fingerprint density at radius 1 is 1.41 bits per heavy atom. The van der Waals surface area contributed by atoms with E-state index in [1.807, 2.05) is 0 Å². The second-order valence-corrected chi connectivity index (χ2v) is 5.79. The molecule has 1 aliphatic heterocycles. The standard InChI is InChI=1S/C13H27N3O/c1-5-6-11(4)15-12(17)7-16-8-13(14,9-16)10(2)3/h10-11H,5-9,14H2,1-4H3,(H,15,17). The molecule has 1 saturated heterocycles. The minimum atomic E-state index is -0.0880. The molecule has 3 N–H and O–H groups in total. The van der Waals surface area contributed by atoms with Crippen LogP contribution in [0.15, 0.2) is 0 Å². The fraction of sp³-hybridized carbons (Fsp3) is 0.923. The van der Waals surface area contributed by atoms with Crippen LogP contribution in [0.25, 0.3) is 0 Å². The quantitative estimate of drug-likeness (QED) is 0.728. The molecule has 100 valence electrons. The molecule has 1 amide bonds. The zero-order valence-corrected chi connectivity index (χ0v) is 11.6. The molecule has 4 nitrogen and oxygen atoms in total. The van der Waals surface area contributed by atoms with Gasteiger partial charge in [-0.25, -0.2) is 0 Å². The van der Waals surface area contributed by atoms with Gasteiger partial charge < -0.3 is 11.1 Å². The Morgan fingerprint density at radius 3 is 2.47 bits per heavy atom. The van der Waals surface area contributed by atoms with Gasteiger partial charge in [-0.2, -0.15) is 0 Å². The number of nitrogens with zero attached hydrogens (tertiary/aromatic N) is 1. The smallest absolute Gasteiger partial charge is 0.234 e. The van der Waals surface area contributed by atoms with E-state index < -0.39 is 0 Å². The van der Waals surface area contributed by atoms with Crippen LogP contribution in [0.1, 0.15) is 40.5 Å². The van der Waals surface area contributed by atoms with Crippen molar-refractivity contribution >= 4 is 5.91 Å². The third-order valence-corrected chi connectivity index (χ3v) is 3.68. The van der Waals surface area contributed by atoms with Crippen molar-refractivity contribution in [1.82, 2.24) is 10.2 Å². The van der Waals surface area contributed by atoms with Gasteiger partial charge in [0.05, 0.1) is 6.54 Å². The zero-order valence-electron chi connectivity index (χ0n) is 11.6. The highest BCUT2D eigenvalue weighted by molar-refractivity contribution is 5.78. The van der Waals surface area contributed by atoms with Gasteiger partial charge in [0, 0.05) is 24.7 Å². The molecule has 0 aromatic heterocycles. The first kappa shape index (κ1) is 14.5. The lowest BCUT2D eigenvalue weighted by atomic mass is 9.80. The summed E-state index contributed by atoms with van der Waals surface area (Å²) in [6.07, 6.45) is 2.14. The molecule has 1 fully saturated rings. The van der Waals surface area contributed by atoms with Crippen molar-refractivity contribution in [2.75, 3.05) is 19.6 Å². The number of carbonyl (C=O) groups excluding carboxylic acids is 1. The van der Waals surface area contributed by atoms with E-state index >= 15 is 0 Å². The first-order valence-corrected chi connectivity index (χ1v) is 6.68. The van der Waals surface area contributed by atoms with Crippen LogP contribution in [0.2, 0.25) is 0 Å². The Kier molecular flexibility index (Phi) is 4.95. The highest BCUT2D eigenvalue weighted by Crippen LogP contribution is 2.25. The van der Waals surface area contributed by atoms with Gasteiger partial charge >= 0.3 is 0 Å². The number of nitrogens with one attached hydrogen (secondary N) is 1. The highest BCUT2D eigenvalue weighted by atomic mass is 16.2. The summed E-state index contributed by atoms with van der Waals surface area (Å²) in [7, 11) is 0. The molecule has 1 unspecified atom stereocenters. The minimum Gasteiger partial charge on any atom is -0.353 e. The van der Waals surface area contributed by atoms with Gasteiger partial charge in [-0.3, -0.25) is 9.69 Å². The van der Waals surface area contributed by atoms with Crippen LogP contribution in [0.4, 0.5) is 0 Å². The van der Waals surface area contributed by atoms with Crippen LogP contribution < -0.4 is 11.1 Å². The molecule has 0 radical (unpaired) electrons. The summed E-state index contributed by atoms with van der Waals surface area (Å²) >= 11 is 0. The van der Waals surface area contributed by atoms with Crippen molar-refractivity contribution in [3.05, 3.63) is 0 Å². The lowest BCUT2D eigenvalue weighted by Gasteiger charge is -2.50. The molecule has 0 aromatic carbocycles. The van der Waals surface area contributed by atoms with Crippen molar-refractivity contribution in [1.29, 1.82) is 0 Å². The molecular weight excluding hydrogens is 214 g/mol. The van der Waals surface area contributed by atoms with Crippen LogP contribution >= 0.6 is 0 Å². The molecule has 0 bridgehead atoms. The fourth-order valence-corrected chi connectivity index (χ4v) is 2.29. The second kappa shape index (κ2) is 5.83. The molecular formula is C13H27N3O. The third-order valence-electron chi connectivity index (χ3n) is 3.68. The Hall–Kier alpha value is -0.610. The van der Waals surface area contributed by atoms with Gasteiger partial charge in [0.15, 0.2) is 0 Å². The maximum absolute atomic E-state index is 11.7. The minimum absolute atomic E-state index is 0.0880. The van der Waals surface area contributed by atoms with E-state index in [1.165, 1.54) is 0 Å². The van der Waals surface area contributed by atoms with Gasteiger partial charge in [0.2, 0.25) is 5.91 Å². The van der Waals surface area contributed by atoms with Crippen LogP contribution in [-0.4, -0.2) is 42.0 Å². The number of nitrogens with two attached hydrogens (primary N) is 1. The molecule has 1 heterocycles. The van der Waals surface area contributed by atoms with Crippen molar-refractivity contribution in [3.63, 3.8) is 0 Å². The fourth-order valence-electron chi connectivity index (χ4n) is 2.29. The van der Waals surface area contributed by atoms with Crippen molar-refractivity contribution in [2.45, 2.75) is 52.1 Å². The van der Waals surface area contributed by atoms with Gasteiger partial charge in [0.1, 0.15) is 0 Å². The lowest BCUT2D eigenvalue weighted by molar-refractivity contribution is -0.125. The number of carbonyl (C=O) groups is 1. The second-order valence-electron chi connectivity index (χ2n) is 5.79. The Balaban J connectivity index is 2.22. The van der Waals surface area contributed by atoms with Gasteiger partial charge in [-0.1, -0.05) is 27.2 Å². The van der Waals surface area contributed by atoms with E-state index in [0.717, 1.165) is 25.9 Å². The number of hydrogen-bond donors (Lipinski definition) is 2. The van der Waals surface area contributed by atoms with E-state index in [9.17, 15) is 4.79 Å². The highest BCUT2D eigenvalue weighted by Gasteiger charge is 2.42. The van der Waals surface area contributed by atoms with E-state index in [0.29, 0.717) is 12.5 Å². The van der Waals surface area contributed by atoms with Crippen molar-refractivity contribution in [2.24, 2.45) is 11.7 Å². The summed E-state index contributed by atoms with van der Waals surface area (Å²) in [6, 6.07) is 0.279. The van der Waals surface area contributed by atoms with Gasteiger partial charge in [0.25, 0.3) is 0 Å². The van der Waals surface area contributed by atoms with Crippen LogP contribution in [-0.2, 0) is 4.79 Å². The van der Waals surface area contributed by atoms with Crippen LogP contribution in [0.3, 0.4) is 0 Å². The summed E-state index contributed by atoms with van der Waals surface area (Å²) in [5.74, 6) is 0.595. The summed E-state index contributed by atoms with van der Waals surface area (Å²) in [5, 5.41) is 3.02. The van der Waals surface area contributed by atoms with E-state index in [1.54, 1.807) is 0 Å². The molecule has 0 aliphatic carbocycles. The molecule has 1 rings (SSSR count). The Morgan fingerprint density at radius 2 is 2.00 bits per heavy atom. The number of likely N-dealkylation sites (tertiary alicyclic amines) is 1. The molecule has 1 atom stereocenters. The number of amides is 1. The monoisotopic (exact) mass is 241 g/mol. The SMILES string of the molecule is CCCC(C)NC(=O)CN1CC(N)(C(C)C)C1. The molecule has 1 aliphatic rings. The molecule has 17 heavy (non-hydrogen) atoms. The average molecular weight is 241 g/mol. The van der Waals surface area contributed by atoms with E-state index in [-0.39, 0.29) is 17.5 Å². The zero-order chi connectivity index (χ0) is 13.1. The van der Waals surface area contributed by atoms with Crippen molar-refractivity contribution in [3.8, 4) is 0 Å². The summed E-state index contributed by atoms with van der Waals surface area (Å²) < 4.78 is 0. The average Bonchev–Trinajstić information content (AvgIpc) is 2.14. The first-order valence-electron chi connectivity index (χ1n) is 6.68. The van der Waals surface area contributed by atoms with Crippen molar-refractivity contribution < 1.29 is 4.79 Å². The molecule has 0 aromatic rings. The third kappa shape index (κ3) is 3.96. The first-order chi connectivity index (χ1) is 7.87. The Bertz CT molecular complexity index is 259. The summed E-state index contributed by atoms with van der Waals surface area (Å²) in [5.41, 5.74) is 6.10. The predicted octanol–water partition coefficient (Wildman–Crippen LogP) is 0.960. The number of hydrogen-bond acceptors (Lipinski definition) is 3. The van der Waals surface area contributed by atoms with E-state index in [2.05, 4.69) is 37.9 Å². The summed E-state index contributed by atoms with van der Waals surface area (Å²) in [4.78, 5) is 13.8. The van der Waals surface area contributed by atoms with Gasteiger partial charge in [-0.05, 0) is 19.3 Å². The van der Waals surface area contributed by atoms with Crippen LogP contribution in [0.5, 0.6) is 0 Å². The normalized spacial score (nSPS) is 21.1. The lowest BCUT2D eigenvalue weighted by Crippen LogP contribution is -2.70. The van der Waals surface area contributed by atoms with Crippen LogP contribution in [0, 0.1) is 5.92 Å². The predicted molar refractivity (Wildman–Crippen MR) is 70.7 cm³/mol. The largest absolute Gasteiger partial charge is 0.353 e.